The lowest BCUT2D eigenvalue weighted by atomic mass is 10.2. The maximum absolute atomic E-state index is 11.7. The lowest BCUT2D eigenvalue weighted by molar-refractivity contribution is -0.122. The van der Waals surface area contributed by atoms with Gasteiger partial charge in [0.1, 0.15) is 5.75 Å². The van der Waals surface area contributed by atoms with E-state index >= 15 is 0 Å². The molecule has 2 rings (SSSR count). The number of hydrogen-bond donors (Lipinski definition) is 3. The van der Waals surface area contributed by atoms with Crippen molar-refractivity contribution in [1.29, 1.82) is 0 Å². The monoisotopic (exact) mass is 305 g/mol. The first-order valence-electron chi connectivity index (χ1n) is 7.52. The van der Waals surface area contributed by atoms with Gasteiger partial charge in [0, 0.05) is 20.1 Å². The zero-order valence-electron chi connectivity index (χ0n) is 13.0. The second-order valence-electron chi connectivity index (χ2n) is 5.65. The maximum Gasteiger partial charge on any atom is 0.315 e. The molecule has 1 aliphatic carbocycles. The van der Waals surface area contributed by atoms with Gasteiger partial charge in [-0.3, -0.25) is 4.79 Å². The van der Waals surface area contributed by atoms with E-state index in [1.165, 1.54) is 6.42 Å². The van der Waals surface area contributed by atoms with Crippen LogP contribution in [0.5, 0.6) is 5.75 Å². The first kappa shape index (κ1) is 16.1. The molecule has 0 aromatic heterocycles. The molecule has 1 aromatic rings. The van der Waals surface area contributed by atoms with Crippen LogP contribution < -0.4 is 20.7 Å². The fourth-order valence-corrected chi connectivity index (χ4v) is 2.12. The standard InChI is InChI=1S/C16H23N3O3/c1-11-6-13(11)9-19-16(21)18-8-12-4-3-5-14(7-12)22-10-15(20)17-2/h3-5,7,11,13H,6,8-10H2,1-2H3,(H,17,20)(H2,18,19,21)/t11-,13-/m0/s1. The minimum Gasteiger partial charge on any atom is -0.484 e. The lowest BCUT2D eigenvalue weighted by Gasteiger charge is -2.09. The molecular weight excluding hydrogens is 282 g/mol. The number of rotatable bonds is 7. The molecule has 3 amide bonds. The van der Waals surface area contributed by atoms with Crippen molar-refractivity contribution in [2.24, 2.45) is 11.8 Å². The molecule has 0 unspecified atom stereocenters. The summed E-state index contributed by atoms with van der Waals surface area (Å²) in [5.74, 6) is 1.79. The minimum absolute atomic E-state index is 0.0204. The van der Waals surface area contributed by atoms with E-state index in [4.69, 9.17) is 4.74 Å². The van der Waals surface area contributed by atoms with Crippen molar-refractivity contribution in [3.63, 3.8) is 0 Å². The van der Waals surface area contributed by atoms with Crippen molar-refractivity contribution in [1.82, 2.24) is 16.0 Å². The molecule has 1 aliphatic rings. The Balaban J connectivity index is 1.72. The molecule has 0 bridgehead atoms. The number of urea groups is 1. The van der Waals surface area contributed by atoms with Crippen LogP contribution in [0.15, 0.2) is 24.3 Å². The van der Waals surface area contributed by atoms with Gasteiger partial charge in [0.05, 0.1) is 0 Å². The van der Waals surface area contributed by atoms with Gasteiger partial charge in [-0.2, -0.15) is 0 Å². The number of ether oxygens (including phenoxy) is 1. The van der Waals surface area contributed by atoms with E-state index in [0.717, 1.165) is 18.0 Å². The van der Waals surface area contributed by atoms with Gasteiger partial charge in [-0.05, 0) is 36.0 Å². The number of carbonyl (C=O) groups is 2. The number of benzene rings is 1. The van der Waals surface area contributed by atoms with Gasteiger partial charge in [-0.25, -0.2) is 4.79 Å². The fraction of sp³-hybridized carbons (Fsp3) is 0.500. The Kier molecular flexibility index (Phi) is 5.63. The normalized spacial score (nSPS) is 19.2. The molecule has 22 heavy (non-hydrogen) atoms. The molecule has 0 aliphatic heterocycles. The van der Waals surface area contributed by atoms with Crippen molar-refractivity contribution < 1.29 is 14.3 Å². The summed E-state index contributed by atoms with van der Waals surface area (Å²) in [7, 11) is 1.56. The van der Waals surface area contributed by atoms with Crippen LogP contribution in [0.25, 0.3) is 0 Å². The molecule has 1 saturated carbocycles. The Morgan fingerprint density at radius 2 is 2.09 bits per heavy atom. The summed E-state index contributed by atoms with van der Waals surface area (Å²) in [6.45, 7) is 3.33. The van der Waals surface area contributed by atoms with Crippen LogP contribution >= 0.6 is 0 Å². The summed E-state index contributed by atoms with van der Waals surface area (Å²) in [5.41, 5.74) is 0.921. The summed E-state index contributed by atoms with van der Waals surface area (Å²) < 4.78 is 5.36. The van der Waals surface area contributed by atoms with E-state index in [0.29, 0.717) is 18.2 Å². The van der Waals surface area contributed by atoms with Gasteiger partial charge in [0.2, 0.25) is 0 Å². The summed E-state index contributed by atoms with van der Waals surface area (Å²) in [6, 6.07) is 7.17. The van der Waals surface area contributed by atoms with E-state index in [2.05, 4.69) is 22.9 Å². The zero-order valence-corrected chi connectivity index (χ0v) is 13.0. The highest BCUT2D eigenvalue weighted by Gasteiger charge is 2.32. The fourth-order valence-electron chi connectivity index (χ4n) is 2.12. The first-order chi connectivity index (χ1) is 10.6. The van der Waals surface area contributed by atoms with Gasteiger partial charge in [-0.1, -0.05) is 19.1 Å². The van der Waals surface area contributed by atoms with Gasteiger partial charge >= 0.3 is 6.03 Å². The molecule has 2 atom stereocenters. The van der Waals surface area contributed by atoms with E-state index in [9.17, 15) is 9.59 Å². The quantitative estimate of drug-likeness (QED) is 0.709. The molecule has 0 spiro atoms. The van der Waals surface area contributed by atoms with Crippen LogP contribution in [0.3, 0.4) is 0 Å². The highest BCUT2D eigenvalue weighted by Crippen LogP contribution is 2.36. The Bertz CT molecular complexity index is 533. The largest absolute Gasteiger partial charge is 0.484 e. The van der Waals surface area contributed by atoms with Gasteiger partial charge in [0.15, 0.2) is 6.61 Å². The van der Waals surface area contributed by atoms with E-state index in [1.54, 1.807) is 13.1 Å². The van der Waals surface area contributed by atoms with Crippen LogP contribution in [-0.4, -0.2) is 32.1 Å². The molecular formula is C16H23N3O3. The Hall–Kier alpha value is -2.24. The molecule has 0 radical (unpaired) electrons. The average molecular weight is 305 g/mol. The zero-order chi connectivity index (χ0) is 15.9. The number of likely N-dealkylation sites (N-methyl/N-ethyl adjacent to an activating group) is 1. The van der Waals surface area contributed by atoms with E-state index in [-0.39, 0.29) is 18.5 Å². The van der Waals surface area contributed by atoms with Gasteiger partial charge in [-0.15, -0.1) is 0 Å². The third kappa shape index (κ3) is 5.27. The molecule has 3 N–H and O–H groups in total. The highest BCUT2D eigenvalue weighted by atomic mass is 16.5. The minimum atomic E-state index is -0.183. The van der Waals surface area contributed by atoms with Crippen LogP contribution in [0.2, 0.25) is 0 Å². The molecule has 120 valence electrons. The lowest BCUT2D eigenvalue weighted by Crippen LogP contribution is -2.36. The Morgan fingerprint density at radius 3 is 2.77 bits per heavy atom. The summed E-state index contributed by atoms with van der Waals surface area (Å²) >= 11 is 0. The smallest absolute Gasteiger partial charge is 0.315 e. The summed E-state index contributed by atoms with van der Waals surface area (Å²) in [4.78, 5) is 22.8. The highest BCUT2D eigenvalue weighted by molar-refractivity contribution is 5.77. The van der Waals surface area contributed by atoms with Crippen LogP contribution in [-0.2, 0) is 11.3 Å². The number of carbonyl (C=O) groups excluding carboxylic acids is 2. The topological polar surface area (TPSA) is 79.5 Å². The second kappa shape index (κ2) is 7.68. The number of amides is 3. The third-order valence-electron chi connectivity index (χ3n) is 3.80. The predicted octanol–water partition coefficient (Wildman–Crippen LogP) is 1.27. The molecule has 0 saturated heterocycles. The van der Waals surface area contributed by atoms with Crippen molar-refractivity contribution in [2.45, 2.75) is 19.9 Å². The van der Waals surface area contributed by atoms with E-state index in [1.807, 2.05) is 18.2 Å². The third-order valence-corrected chi connectivity index (χ3v) is 3.80. The molecule has 1 fully saturated rings. The predicted molar refractivity (Wildman–Crippen MR) is 83.5 cm³/mol. The molecule has 1 aromatic carbocycles. The van der Waals surface area contributed by atoms with Crippen molar-refractivity contribution in [3.8, 4) is 5.75 Å². The maximum atomic E-state index is 11.7. The van der Waals surface area contributed by atoms with Crippen LogP contribution in [0.1, 0.15) is 18.9 Å². The number of hydrogen-bond acceptors (Lipinski definition) is 3. The van der Waals surface area contributed by atoms with Crippen LogP contribution in [0.4, 0.5) is 4.79 Å². The van der Waals surface area contributed by atoms with Gasteiger partial charge < -0.3 is 20.7 Å². The van der Waals surface area contributed by atoms with Crippen molar-refractivity contribution in [3.05, 3.63) is 29.8 Å². The summed E-state index contributed by atoms with van der Waals surface area (Å²) in [5, 5.41) is 8.18. The first-order valence-corrected chi connectivity index (χ1v) is 7.52. The van der Waals surface area contributed by atoms with Crippen molar-refractivity contribution in [2.75, 3.05) is 20.2 Å². The number of nitrogens with one attached hydrogen (secondary N) is 3. The molecule has 6 heteroatoms. The summed E-state index contributed by atoms with van der Waals surface area (Å²) in [6.07, 6.45) is 1.20. The van der Waals surface area contributed by atoms with E-state index < -0.39 is 0 Å². The van der Waals surface area contributed by atoms with Crippen LogP contribution in [0, 0.1) is 11.8 Å². The van der Waals surface area contributed by atoms with Crippen molar-refractivity contribution >= 4 is 11.9 Å². The molecule has 6 nitrogen and oxygen atoms in total. The molecule has 0 heterocycles. The second-order valence-corrected chi connectivity index (χ2v) is 5.65. The Morgan fingerprint density at radius 1 is 1.32 bits per heavy atom. The van der Waals surface area contributed by atoms with Gasteiger partial charge in [0.25, 0.3) is 5.91 Å². The Labute approximate surface area is 130 Å². The SMILES string of the molecule is CNC(=O)COc1cccc(CNC(=O)NC[C@@H]2C[C@@H]2C)c1. The average Bonchev–Trinajstić information content (AvgIpc) is 3.24.